The second-order valence-corrected chi connectivity index (χ2v) is 6.69. The Labute approximate surface area is 151 Å². The van der Waals surface area contributed by atoms with Gasteiger partial charge in [-0.2, -0.15) is 0 Å². The maximum absolute atomic E-state index is 12.6. The molecule has 3 rings (SSSR count). The number of benzene rings is 2. The predicted octanol–water partition coefficient (Wildman–Crippen LogP) is 2.95. The standard InChI is InChI=1S/C20H21NO5/c1-20(19(24)25,14-7-8-14)21-18(23)16-11-15(9-10-17(16)22)26-12-13-5-3-2-4-6-13/h2-6,9-11,14,22H,7-8,12H2,1H3,(H,21,23)(H,24,25). The summed E-state index contributed by atoms with van der Waals surface area (Å²) in [6, 6.07) is 13.9. The molecule has 0 radical (unpaired) electrons. The van der Waals surface area contributed by atoms with E-state index in [0.29, 0.717) is 12.4 Å². The van der Waals surface area contributed by atoms with Crippen molar-refractivity contribution in [3.05, 3.63) is 59.7 Å². The molecule has 1 aliphatic carbocycles. The molecule has 6 nitrogen and oxygen atoms in total. The SMILES string of the molecule is CC(NC(=O)c1cc(OCc2ccccc2)ccc1O)(C(=O)O)C1CC1. The van der Waals surface area contributed by atoms with Gasteiger partial charge in [0.25, 0.3) is 5.91 Å². The molecule has 136 valence electrons. The molecule has 3 N–H and O–H groups in total. The van der Waals surface area contributed by atoms with Crippen molar-refractivity contribution in [2.75, 3.05) is 0 Å². The van der Waals surface area contributed by atoms with Crippen molar-refractivity contribution in [2.45, 2.75) is 31.9 Å². The van der Waals surface area contributed by atoms with Gasteiger partial charge < -0.3 is 20.3 Å². The lowest BCUT2D eigenvalue weighted by Crippen LogP contribution is -2.54. The number of phenols is 1. The minimum absolute atomic E-state index is 0.0105. The molecule has 0 aliphatic heterocycles. The van der Waals surface area contributed by atoms with E-state index in [1.54, 1.807) is 6.07 Å². The predicted molar refractivity (Wildman–Crippen MR) is 95.1 cm³/mol. The van der Waals surface area contributed by atoms with Crippen molar-refractivity contribution in [1.82, 2.24) is 5.32 Å². The summed E-state index contributed by atoms with van der Waals surface area (Å²) >= 11 is 0. The molecule has 0 aromatic heterocycles. The summed E-state index contributed by atoms with van der Waals surface area (Å²) in [5.74, 6) is -1.62. The maximum Gasteiger partial charge on any atom is 0.329 e. The quantitative estimate of drug-likeness (QED) is 0.710. The third-order valence-electron chi connectivity index (χ3n) is 4.67. The Bertz CT molecular complexity index is 816. The van der Waals surface area contributed by atoms with Gasteiger partial charge in [-0.15, -0.1) is 0 Å². The van der Waals surface area contributed by atoms with E-state index in [1.807, 2.05) is 30.3 Å². The molecular formula is C20H21NO5. The van der Waals surface area contributed by atoms with Gasteiger partial charge in [-0.05, 0) is 49.4 Å². The molecule has 2 aromatic rings. The third kappa shape index (κ3) is 3.79. The van der Waals surface area contributed by atoms with E-state index in [9.17, 15) is 19.8 Å². The van der Waals surface area contributed by atoms with E-state index < -0.39 is 17.4 Å². The van der Waals surface area contributed by atoms with Crippen molar-refractivity contribution in [3.8, 4) is 11.5 Å². The molecule has 1 aliphatic rings. The van der Waals surface area contributed by atoms with Crippen molar-refractivity contribution >= 4 is 11.9 Å². The third-order valence-corrected chi connectivity index (χ3v) is 4.67. The molecule has 1 saturated carbocycles. The van der Waals surface area contributed by atoms with Gasteiger partial charge in [0.1, 0.15) is 23.6 Å². The summed E-state index contributed by atoms with van der Waals surface area (Å²) in [4.78, 5) is 24.1. The zero-order chi connectivity index (χ0) is 18.7. The molecular weight excluding hydrogens is 334 g/mol. The van der Waals surface area contributed by atoms with Crippen LogP contribution in [0.25, 0.3) is 0 Å². The number of amides is 1. The van der Waals surface area contributed by atoms with Crippen LogP contribution in [0.5, 0.6) is 11.5 Å². The molecule has 0 spiro atoms. The largest absolute Gasteiger partial charge is 0.507 e. The van der Waals surface area contributed by atoms with Gasteiger partial charge >= 0.3 is 5.97 Å². The second kappa shape index (κ2) is 7.07. The summed E-state index contributed by atoms with van der Waals surface area (Å²) < 4.78 is 5.67. The van der Waals surface area contributed by atoms with E-state index in [2.05, 4.69) is 5.32 Å². The number of carboxylic acids is 1. The van der Waals surface area contributed by atoms with Gasteiger partial charge in [-0.3, -0.25) is 4.79 Å². The second-order valence-electron chi connectivity index (χ2n) is 6.69. The van der Waals surface area contributed by atoms with Crippen LogP contribution in [0.3, 0.4) is 0 Å². The minimum Gasteiger partial charge on any atom is -0.507 e. The Morgan fingerprint density at radius 1 is 1.19 bits per heavy atom. The van der Waals surface area contributed by atoms with Crippen molar-refractivity contribution in [3.63, 3.8) is 0 Å². The number of nitrogens with one attached hydrogen (secondary N) is 1. The zero-order valence-electron chi connectivity index (χ0n) is 14.4. The number of phenolic OH excluding ortho intramolecular Hbond substituents is 1. The highest BCUT2D eigenvalue weighted by Gasteiger charge is 2.48. The van der Waals surface area contributed by atoms with Gasteiger partial charge in [-0.25, -0.2) is 4.79 Å². The smallest absolute Gasteiger partial charge is 0.329 e. The van der Waals surface area contributed by atoms with Gasteiger partial charge in [0.2, 0.25) is 0 Å². The van der Waals surface area contributed by atoms with Gasteiger partial charge in [-0.1, -0.05) is 30.3 Å². The number of ether oxygens (including phenoxy) is 1. The highest BCUT2D eigenvalue weighted by molar-refractivity contribution is 6.00. The van der Waals surface area contributed by atoms with Gasteiger partial charge in [0, 0.05) is 0 Å². The molecule has 26 heavy (non-hydrogen) atoms. The number of aromatic hydroxyl groups is 1. The molecule has 6 heteroatoms. The van der Waals surface area contributed by atoms with E-state index in [1.165, 1.54) is 19.1 Å². The van der Waals surface area contributed by atoms with Crippen LogP contribution < -0.4 is 10.1 Å². The Balaban J connectivity index is 1.74. The maximum atomic E-state index is 12.6. The molecule has 1 amide bonds. The minimum atomic E-state index is -1.34. The van der Waals surface area contributed by atoms with Crippen LogP contribution in [0, 0.1) is 5.92 Å². The van der Waals surface area contributed by atoms with Crippen LogP contribution >= 0.6 is 0 Å². The number of rotatable bonds is 7. The van der Waals surface area contributed by atoms with Gasteiger partial charge in [0.15, 0.2) is 0 Å². The highest BCUT2D eigenvalue weighted by Crippen LogP contribution is 2.40. The summed E-state index contributed by atoms with van der Waals surface area (Å²) in [5.41, 5.74) is -0.382. The number of carboxylic acid groups (broad SMARTS) is 1. The summed E-state index contributed by atoms with van der Waals surface area (Å²) in [6.07, 6.45) is 1.52. The lowest BCUT2D eigenvalue weighted by Gasteiger charge is -2.26. The van der Waals surface area contributed by atoms with Crippen LogP contribution in [0.15, 0.2) is 48.5 Å². The van der Waals surface area contributed by atoms with Crippen molar-refractivity contribution < 1.29 is 24.5 Å². The van der Waals surface area contributed by atoms with E-state index in [4.69, 9.17) is 4.74 Å². The average Bonchev–Trinajstić information content (AvgIpc) is 3.47. The first-order valence-electron chi connectivity index (χ1n) is 8.46. The van der Waals surface area contributed by atoms with Crippen molar-refractivity contribution in [1.29, 1.82) is 0 Å². The molecule has 0 heterocycles. The summed E-state index contributed by atoms with van der Waals surface area (Å²) in [7, 11) is 0. The Morgan fingerprint density at radius 3 is 2.50 bits per heavy atom. The zero-order valence-corrected chi connectivity index (χ0v) is 14.4. The molecule has 1 atom stereocenters. The fourth-order valence-corrected chi connectivity index (χ4v) is 2.82. The van der Waals surface area contributed by atoms with E-state index in [0.717, 1.165) is 18.4 Å². The molecule has 0 saturated heterocycles. The molecule has 0 bridgehead atoms. The van der Waals surface area contributed by atoms with Crippen LogP contribution in [-0.2, 0) is 11.4 Å². The summed E-state index contributed by atoms with van der Waals surface area (Å²) in [5, 5.41) is 22.0. The fraction of sp³-hybridized carbons (Fsp3) is 0.300. The van der Waals surface area contributed by atoms with E-state index >= 15 is 0 Å². The fourth-order valence-electron chi connectivity index (χ4n) is 2.82. The van der Waals surface area contributed by atoms with E-state index in [-0.39, 0.29) is 17.2 Å². The molecule has 1 fully saturated rings. The monoisotopic (exact) mass is 355 g/mol. The Hall–Kier alpha value is -3.02. The lowest BCUT2D eigenvalue weighted by atomic mass is 9.95. The number of hydrogen-bond donors (Lipinski definition) is 3. The number of aliphatic carboxylic acids is 1. The number of carbonyl (C=O) groups excluding carboxylic acids is 1. The molecule has 1 unspecified atom stereocenters. The lowest BCUT2D eigenvalue weighted by molar-refractivity contribution is -0.144. The van der Waals surface area contributed by atoms with Crippen LogP contribution in [-0.4, -0.2) is 27.6 Å². The summed E-state index contributed by atoms with van der Waals surface area (Å²) in [6.45, 7) is 1.82. The number of hydrogen-bond acceptors (Lipinski definition) is 4. The van der Waals surface area contributed by atoms with Crippen LogP contribution in [0.1, 0.15) is 35.7 Å². The Kier molecular flexibility index (Phi) is 4.84. The first-order chi connectivity index (χ1) is 12.4. The Morgan fingerprint density at radius 2 is 1.88 bits per heavy atom. The highest BCUT2D eigenvalue weighted by atomic mass is 16.5. The van der Waals surface area contributed by atoms with Gasteiger partial charge in [0.05, 0.1) is 5.56 Å². The first kappa shape index (κ1) is 17.8. The van der Waals surface area contributed by atoms with Crippen molar-refractivity contribution in [2.24, 2.45) is 5.92 Å². The first-order valence-corrected chi connectivity index (χ1v) is 8.46. The number of carbonyl (C=O) groups is 2. The topological polar surface area (TPSA) is 95.9 Å². The average molecular weight is 355 g/mol. The normalized spacial score (nSPS) is 15.7. The van der Waals surface area contributed by atoms with Crippen LogP contribution in [0.4, 0.5) is 0 Å². The van der Waals surface area contributed by atoms with Crippen LogP contribution in [0.2, 0.25) is 0 Å². The molecule has 2 aromatic carbocycles.